The van der Waals surface area contributed by atoms with Gasteiger partial charge in [-0.1, -0.05) is 6.42 Å². The molecule has 4 heterocycles. The number of carbonyl (C=O) groups is 1. The monoisotopic (exact) mass is 408 g/mol. The molecule has 1 fully saturated rings. The van der Waals surface area contributed by atoms with E-state index >= 15 is 0 Å². The van der Waals surface area contributed by atoms with Crippen molar-refractivity contribution in [2.45, 2.75) is 63.1 Å². The van der Waals surface area contributed by atoms with E-state index in [4.69, 9.17) is 4.74 Å². The molecule has 28 heavy (non-hydrogen) atoms. The summed E-state index contributed by atoms with van der Waals surface area (Å²) < 4.78 is 35.2. The topological polar surface area (TPSA) is 123 Å². The number of nitrogens with one attached hydrogen (secondary N) is 1. The van der Waals surface area contributed by atoms with Crippen molar-refractivity contribution < 1.29 is 17.9 Å². The highest BCUT2D eigenvalue weighted by atomic mass is 32.2. The number of H-pyrrole nitrogens is 1. The number of esters is 1. The lowest BCUT2D eigenvalue weighted by Crippen LogP contribution is -2.33. The predicted molar refractivity (Wildman–Crippen MR) is 98.0 cm³/mol. The number of fused-ring (bicyclic) bond motifs is 1. The predicted octanol–water partition coefficient (Wildman–Crippen LogP) is 1.43. The molecule has 0 amide bonds. The van der Waals surface area contributed by atoms with Crippen molar-refractivity contribution >= 4 is 16.0 Å². The molecular weight excluding hydrogens is 384 g/mol. The van der Waals surface area contributed by atoms with E-state index < -0.39 is 22.0 Å². The van der Waals surface area contributed by atoms with Crippen LogP contribution in [0.3, 0.4) is 0 Å². The van der Waals surface area contributed by atoms with Gasteiger partial charge in [-0.2, -0.15) is 9.40 Å². The normalized spacial score (nSPS) is 20.7. The first kappa shape index (κ1) is 19.1. The van der Waals surface area contributed by atoms with Crippen LogP contribution in [-0.4, -0.2) is 56.8 Å². The van der Waals surface area contributed by atoms with Crippen molar-refractivity contribution in [3.63, 3.8) is 0 Å². The van der Waals surface area contributed by atoms with Crippen LogP contribution in [0.2, 0.25) is 0 Å². The lowest BCUT2D eigenvalue weighted by molar-refractivity contribution is 0.0521. The molecule has 2 aliphatic rings. The number of sulfonamides is 1. The molecule has 2 aromatic heterocycles. The molecule has 0 bridgehead atoms. The van der Waals surface area contributed by atoms with Gasteiger partial charge in [0.2, 0.25) is 0 Å². The molecule has 0 saturated carbocycles. The van der Waals surface area contributed by atoms with Gasteiger partial charge in [0.15, 0.2) is 10.9 Å². The third-order valence-electron chi connectivity index (χ3n) is 5.31. The van der Waals surface area contributed by atoms with Gasteiger partial charge in [-0.25, -0.2) is 13.2 Å². The molecule has 1 unspecified atom stereocenters. The van der Waals surface area contributed by atoms with Crippen LogP contribution in [0.5, 0.6) is 0 Å². The summed E-state index contributed by atoms with van der Waals surface area (Å²) in [5.41, 5.74) is -0.0763. The smallest absolute Gasteiger partial charge is 0.342 e. The van der Waals surface area contributed by atoms with Crippen molar-refractivity contribution in [1.29, 1.82) is 0 Å². The van der Waals surface area contributed by atoms with Crippen LogP contribution in [0.15, 0.2) is 11.2 Å². The number of aromatic nitrogens is 5. The fourth-order valence-electron chi connectivity index (χ4n) is 3.98. The van der Waals surface area contributed by atoms with E-state index in [1.165, 1.54) is 10.5 Å². The molecular formula is C17H24N6O4S. The number of hydrogen-bond acceptors (Lipinski definition) is 7. The highest BCUT2D eigenvalue weighted by molar-refractivity contribution is 7.89. The molecule has 2 aliphatic heterocycles. The highest BCUT2D eigenvalue weighted by Gasteiger charge is 2.42. The number of rotatable bonds is 5. The molecule has 2 aromatic rings. The summed E-state index contributed by atoms with van der Waals surface area (Å²) in [6, 6.07) is -0.400. The van der Waals surface area contributed by atoms with Gasteiger partial charge in [-0.3, -0.25) is 5.10 Å². The van der Waals surface area contributed by atoms with E-state index in [0.29, 0.717) is 18.8 Å². The Kier molecular flexibility index (Phi) is 5.19. The lowest BCUT2D eigenvalue weighted by Gasteiger charge is -2.23. The molecule has 0 spiro atoms. The highest BCUT2D eigenvalue weighted by Crippen LogP contribution is 2.37. The zero-order chi connectivity index (χ0) is 19.7. The van der Waals surface area contributed by atoms with Crippen molar-refractivity contribution in [3.8, 4) is 0 Å². The second-order valence-electron chi connectivity index (χ2n) is 7.04. The first-order chi connectivity index (χ1) is 13.5. The van der Waals surface area contributed by atoms with Crippen molar-refractivity contribution in [3.05, 3.63) is 23.4 Å². The lowest BCUT2D eigenvalue weighted by atomic mass is 10.2. The maximum Gasteiger partial charge on any atom is 0.342 e. The van der Waals surface area contributed by atoms with Crippen LogP contribution in [-0.2, 0) is 27.7 Å². The summed E-state index contributed by atoms with van der Waals surface area (Å²) in [5, 5.41) is 14.7. The van der Waals surface area contributed by atoms with Gasteiger partial charge in [0.25, 0.3) is 10.0 Å². The van der Waals surface area contributed by atoms with Crippen LogP contribution in [0.25, 0.3) is 0 Å². The Labute approximate surface area is 163 Å². The molecule has 1 atom stereocenters. The van der Waals surface area contributed by atoms with Gasteiger partial charge in [0, 0.05) is 19.5 Å². The number of hydrogen-bond donors (Lipinski definition) is 1. The molecule has 0 aromatic carbocycles. The second kappa shape index (κ2) is 7.63. The SMILES string of the molecule is CCOC(=O)c1cn[nH]c1S(=O)(=O)N1CCCC1c1nnc2n1CCCCC2. The molecule has 1 saturated heterocycles. The van der Waals surface area contributed by atoms with Crippen LogP contribution in [0, 0.1) is 0 Å². The molecule has 4 rings (SSSR count). The number of aryl methyl sites for hydroxylation is 1. The fourth-order valence-corrected chi connectivity index (χ4v) is 5.70. The van der Waals surface area contributed by atoms with Gasteiger partial charge in [-0.15, -0.1) is 10.2 Å². The Bertz CT molecular complexity index is 966. The summed E-state index contributed by atoms with van der Waals surface area (Å²) in [6.45, 7) is 2.98. The van der Waals surface area contributed by atoms with Crippen LogP contribution >= 0.6 is 0 Å². The average molecular weight is 408 g/mol. The number of ether oxygens (including phenoxy) is 1. The Morgan fingerprint density at radius 3 is 2.93 bits per heavy atom. The maximum absolute atomic E-state index is 13.4. The first-order valence-corrected chi connectivity index (χ1v) is 11.1. The van der Waals surface area contributed by atoms with Crippen LogP contribution < -0.4 is 0 Å². The third kappa shape index (κ3) is 3.22. The summed E-state index contributed by atoms with van der Waals surface area (Å²) in [4.78, 5) is 12.1. The average Bonchev–Trinajstić information content (AvgIpc) is 3.38. The Hall–Kier alpha value is -2.27. The van der Waals surface area contributed by atoms with E-state index in [1.54, 1.807) is 6.92 Å². The van der Waals surface area contributed by atoms with E-state index in [9.17, 15) is 13.2 Å². The maximum atomic E-state index is 13.4. The molecule has 0 aliphatic carbocycles. The zero-order valence-corrected chi connectivity index (χ0v) is 16.6. The Morgan fingerprint density at radius 1 is 1.25 bits per heavy atom. The zero-order valence-electron chi connectivity index (χ0n) is 15.8. The van der Waals surface area contributed by atoms with Crippen LogP contribution in [0.1, 0.15) is 67.1 Å². The quantitative estimate of drug-likeness (QED) is 0.742. The minimum atomic E-state index is -3.97. The summed E-state index contributed by atoms with van der Waals surface area (Å²) >= 11 is 0. The molecule has 0 radical (unpaired) electrons. The van der Waals surface area contributed by atoms with Crippen molar-refractivity contribution in [1.82, 2.24) is 29.3 Å². The largest absolute Gasteiger partial charge is 0.462 e. The van der Waals surface area contributed by atoms with Crippen molar-refractivity contribution in [2.75, 3.05) is 13.2 Å². The van der Waals surface area contributed by atoms with E-state index in [0.717, 1.165) is 44.5 Å². The van der Waals surface area contributed by atoms with E-state index in [2.05, 4.69) is 25.0 Å². The van der Waals surface area contributed by atoms with Gasteiger partial charge in [0.05, 0.1) is 18.8 Å². The fraction of sp³-hybridized carbons (Fsp3) is 0.647. The molecule has 11 heteroatoms. The van der Waals surface area contributed by atoms with Gasteiger partial charge in [0.1, 0.15) is 11.4 Å². The first-order valence-electron chi connectivity index (χ1n) is 9.68. The minimum Gasteiger partial charge on any atom is -0.462 e. The van der Waals surface area contributed by atoms with Gasteiger partial charge in [-0.05, 0) is 32.6 Å². The Balaban J connectivity index is 1.68. The summed E-state index contributed by atoms with van der Waals surface area (Å²) in [7, 11) is -3.97. The van der Waals surface area contributed by atoms with Crippen molar-refractivity contribution in [2.24, 2.45) is 0 Å². The molecule has 152 valence electrons. The third-order valence-corrected chi connectivity index (χ3v) is 7.19. The van der Waals surface area contributed by atoms with Crippen LogP contribution in [0.4, 0.5) is 0 Å². The molecule has 1 N–H and O–H groups in total. The van der Waals surface area contributed by atoms with E-state index in [-0.39, 0.29) is 17.2 Å². The van der Waals surface area contributed by atoms with E-state index in [1.807, 2.05) is 0 Å². The Morgan fingerprint density at radius 2 is 2.11 bits per heavy atom. The summed E-state index contributed by atoms with van der Waals surface area (Å²) in [5.74, 6) is 0.905. The standard InChI is InChI=1S/C17H24N6O4S/c1-2-27-17(24)12-11-18-21-16(12)28(25,26)23-10-6-7-13(23)15-20-19-14-8-4-3-5-9-22(14)15/h11,13H,2-10H2,1H3,(H,18,21). The van der Waals surface area contributed by atoms with Gasteiger partial charge < -0.3 is 9.30 Å². The number of aromatic amines is 1. The summed E-state index contributed by atoms with van der Waals surface area (Å²) in [6.07, 6.45) is 6.67. The number of carbonyl (C=O) groups excluding carboxylic acids is 1. The minimum absolute atomic E-state index is 0.0763. The van der Waals surface area contributed by atoms with Gasteiger partial charge >= 0.3 is 5.97 Å². The molecule has 10 nitrogen and oxygen atoms in total. The number of nitrogens with zero attached hydrogens (tertiary/aromatic N) is 5. The second-order valence-corrected chi connectivity index (χ2v) is 8.87.